The summed E-state index contributed by atoms with van der Waals surface area (Å²) in [7, 11) is 0. The van der Waals surface area contributed by atoms with Gasteiger partial charge in [0, 0.05) is 44.0 Å². The maximum Gasteiger partial charge on any atom is 0.164 e. The Labute approximate surface area is 346 Å². The summed E-state index contributed by atoms with van der Waals surface area (Å²) >= 11 is 0. The summed E-state index contributed by atoms with van der Waals surface area (Å²) in [5.41, 5.74) is 12.5. The fourth-order valence-electron chi connectivity index (χ4n) is 9.32. The number of hydrogen-bond donors (Lipinski definition) is 0. The van der Waals surface area contributed by atoms with Crippen molar-refractivity contribution in [1.29, 1.82) is 0 Å². The van der Waals surface area contributed by atoms with Crippen molar-refractivity contribution < 1.29 is 0 Å². The number of rotatable bonds is 6. The monoisotopic (exact) mass is 767 g/mol. The fourth-order valence-corrected chi connectivity index (χ4v) is 9.32. The summed E-state index contributed by atoms with van der Waals surface area (Å²) in [6, 6.07) is 66.9. The molecule has 282 valence electrons. The Hall–Kier alpha value is -7.89. The van der Waals surface area contributed by atoms with Gasteiger partial charge < -0.3 is 9.13 Å². The molecule has 0 spiro atoms. The summed E-state index contributed by atoms with van der Waals surface area (Å²) in [4.78, 5) is 15.6. The Morgan fingerprint density at radius 2 is 0.883 bits per heavy atom. The third kappa shape index (κ3) is 5.51. The van der Waals surface area contributed by atoms with Gasteiger partial charge in [0.05, 0.1) is 22.1 Å². The first-order valence-electron chi connectivity index (χ1n) is 20.6. The second-order valence-corrected chi connectivity index (χ2v) is 15.5. The third-order valence-corrected chi connectivity index (χ3v) is 12.1. The highest BCUT2D eigenvalue weighted by atomic mass is 15.0. The predicted molar refractivity (Wildman–Crippen MR) is 249 cm³/mol. The van der Waals surface area contributed by atoms with Gasteiger partial charge in [-0.3, -0.25) is 0 Å². The Balaban J connectivity index is 0.942. The van der Waals surface area contributed by atoms with Gasteiger partial charge in [-0.05, 0) is 88.9 Å². The van der Waals surface area contributed by atoms with E-state index in [1.807, 2.05) is 18.2 Å². The van der Waals surface area contributed by atoms with Crippen LogP contribution in [0.1, 0.15) is 24.2 Å². The van der Waals surface area contributed by atoms with Crippen LogP contribution >= 0.6 is 0 Å². The molecule has 11 aromatic rings. The van der Waals surface area contributed by atoms with Crippen LogP contribution in [0.3, 0.4) is 0 Å². The van der Waals surface area contributed by atoms with Crippen molar-refractivity contribution >= 4 is 65.5 Å². The Kier molecular flexibility index (Phi) is 7.91. The molecule has 0 N–H and O–H groups in total. The summed E-state index contributed by atoms with van der Waals surface area (Å²) in [5, 5.41) is 7.41. The molecule has 5 nitrogen and oxygen atoms in total. The van der Waals surface area contributed by atoms with Gasteiger partial charge in [0.1, 0.15) is 0 Å². The molecule has 0 amide bonds. The molecule has 0 unspecified atom stereocenters. The normalized spacial score (nSPS) is 13.1. The van der Waals surface area contributed by atoms with Crippen LogP contribution < -0.4 is 0 Å². The highest BCUT2D eigenvalue weighted by Gasteiger charge is 2.21. The highest BCUT2D eigenvalue weighted by Crippen LogP contribution is 2.40. The van der Waals surface area contributed by atoms with Gasteiger partial charge in [-0.15, -0.1) is 0 Å². The van der Waals surface area contributed by atoms with E-state index in [2.05, 4.69) is 191 Å². The van der Waals surface area contributed by atoms with E-state index in [4.69, 9.17) is 15.0 Å². The van der Waals surface area contributed by atoms with Crippen molar-refractivity contribution in [2.24, 2.45) is 0 Å². The first kappa shape index (κ1) is 34.2. The molecule has 0 saturated carbocycles. The quantitative estimate of drug-likeness (QED) is 0.169. The van der Waals surface area contributed by atoms with Crippen molar-refractivity contribution in [3.63, 3.8) is 0 Å². The van der Waals surface area contributed by atoms with E-state index in [1.54, 1.807) is 0 Å². The van der Waals surface area contributed by atoms with Crippen molar-refractivity contribution in [2.75, 3.05) is 0 Å². The molecule has 3 aromatic heterocycles. The molecule has 0 saturated heterocycles. The van der Waals surface area contributed by atoms with E-state index in [-0.39, 0.29) is 0 Å². The summed E-state index contributed by atoms with van der Waals surface area (Å²) < 4.78 is 4.73. The Bertz CT molecular complexity index is 3520. The van der Waals surface area contributed by atoms with Crippen molar-refractivity contribution in [2.45, 2.75) is 12.8 Å². The number of benzene rings is 8. The number of aromatic nitrogens is 5. The Morgan fingerprint density at radius 3 is 1.62 bits per heavy atom. The minimum Gasteiger partial charge on any atom is -0.309 e. The average Bonchev–Trinajstić information content (AvgIpc) is 3.86. The van der Waals surface area contributed by atoms with Gasteiger partial charge in [-0.2, -0.15) is 0 Å². The molecular formula is C55H37N5. The minimum atomic E-state index is 0.670. The van der Waals surface area contributed by atoms with Crippen LogP contribution in [0.4, 0.5) is 0 Å². The maximum absolute atomic E-state index is 5.27. The van der Waals surface area contributed by atoms with Gasteiger partial charge in [-0.25, -0.2) is 15.0 Å². The largest absolute Gasteiger partial charge is 0.309 e. The van der Waals surface area contributed by atoms with Gasteiger partial charge in [0.15, 0.2) is 17.5 Å². The predicted octanol–water partition coefficient (Wildman–Crippen LogP) is 13.8. The third-order valence-electron chi connectivity index (χ3n) is 12.1. The number of allylic oxidation sites excluding steroid dienone is 4. The Morgan fingerprint density at radius 1 is 0.333 bits per heavy atom. The number of para-hydroxylation sites is 3. The number of hydrogen-bond acceptors (Lipinski definition) is 3. The second-order valence-electron chi connectivity index (χ2n) is 15.5. The van der Waals surface area contributed by atoms with Gasteiger partial charge in [-0.1, -0.05) is 152 Å². The summed E-state index contributed by atoms with van der Waals surface area (Å²) in [6.07, 6.45) is 6.16. The van der Waals surface area contributed by atoms with Crippen LogP contribution in [0, 0.1) is 0 Å². The number of fused-ring (bicyclic) bond motifs is 8. The van der Waals surface area contributed by atoms with Gasteiger partial charge >= 0.3 is 0 Å². The smallest absolute Gasteiger partial charge is 0.164 e. The lowest BCUT2D eigenvalue weighted by Crippen LogP contribution is -2.05. The van der Waals surface area contributed by atoms with Crippen LogP contribution in [0.2, 0.25) is 0 Å². The van der Waals surface area contributed by atoms with Crippen molar-refractivity contribution in [1.82, 2.24) is 24.1 Å². The lowest BCUT2D eigenvalue weighted by atomic mass is 9.92. The molecule has 0 fully saturated rings. The standard InChI is InChI=1S/C55H37N5/c1-3-15-39(16-4-1)53-56-54(58-55(57-53)46-22-13-25-49-52(46)45-21-10-12-24-48(45)59(49)41-17-5-2-6-18-41)40-28-26-36(27-29-40)37-30-33-42(34-31-37)60-47-23-11-9-20-44(47)51-43-19-8-7-14-38(43)32-35-50(51)60/h1-26,28,30-35H,27,29H2. The van der Waals surface area contributed by atoms with Gasteiger partial charge in [0.25, 0.3) is 0 Å². The zero-order valence-electron chi connectivity index (χ0n) is 32.7. The molecule has 12 rings (SSSR count). The highest BCUT2D eigenvalue weighted by molar-refractivity contribution is 6.21. The first-order valence-corrected chi connectivity index (χ1v) is 20.6. The summed E-state index contributed by atoms with van der Waals surface area (Å²) in [5.74, 6) is 2.06. The topological polar surface area (TPSA) is 48.5 Å². The van der Waals surface area contributed by atoms with Crippen molar-refractivity contribution in [3.8, 4) is 34.2 Å². The van der Waals surface area contributed by atoms with Crippen LogP contribution in [0.15, 0.2) is 200 Å². The van der Waals surface area contributed by atoms with E-state index in [9.17, 15) is 0 Å². The van der Waals surface area contributed by atoms with E-state index in [0.717, 1.165) is 62.7 Å². The molecule has 0 atom stereocenters. The molecule has 1 aliphatic carbocycles. The molecular weight excluding hydrogens is 731 g/mol. The lowest BCUT2D eigenvalue weighted by molar-refractivity contribution is 0.985. The van der Waals surface area contributed by atoms with E-state index in [0.29, 0.717) is 17.5 Å². The SMILES string of the molecule is C1=C(c2ccc(-n3c4ccccc4c4c5ccccc5ccc43)cc2)CCC(c2nc(-c3ccccc3)nc(-c3cccc4c3c3ccccc3n4-c3ccccc3)n2)=C1. The van der Waals surface area contributed by atoms with Gasteiger partial charge in [0.2, 0.25) is 0 Å². The first-order chi connectivity index (χ1) is 29.8. The van der Waals surface area contributed by atoms with Crippen LogP contribution in [0.5, 0.6) is 0 Å². The second kappa shape index (κ2) is 13.9. The molecule has 0 radical (unpaired) electrons. The van der Waals surface area contributed by atoms with E-state index < -0.39 is 0 Å². The molecule has 3 heterocycles. The van der Waals surface area contributed by atoms with Crippen LogP contribution in [0.25, 0.3) is 99.7 Å². The molecule has 5 heteroatoms. The lowest BCUT2D eigenvalue weighted by Gasteiger charge is -2.16. The van der Waals surface area contributed by atoms with Crippen molar-refractivity contribution in [3.05, 3.63) is 212 Å². The zero-order chi connectivity index (χ0) is 39.6. The molecule has 8 aromatic carbocycles. The minimum absolute atomic E-state index is 0.670. The molecule has 0 aliphatic heterocycles. The fraction of sp³-hybridized carbons (Fsp3) is 0.0364. The van der Waals surface area contributed by atoms with Crippen LogP contribution in [-0.2, 0) is 0 Å². The molecule has 1 aliphatic rings. The van der Waals surface area contributed by atoms with E-state index >= 15 is 0 Å². The molecule has 0 bridgehead atoms. The molecule has 60 heavy (non-hydrogen) atoms. The maximum atomic E-state index is 5.27. The zero-order valence-corrected chi connectivity index (χ0v) is 32.7. The number of nitrogens with zero attached hydrogens (tertiary/aromatic N) is 5. The average molecular weight is 768 g/mol. The summed E-state index contributed by atoms with van der Waals surface area (Å²) in [6.45, 7) is 0. The van der Waals surface area contributed by atoms with E-state index in [1.165, 1.54) is 43.7 Å². The van der Waals surface area contributed by atoms with Crippen LogP contribution in [-0.4, -0.2) is 24.1 Å².